The summed E-state index contributed by atoms with van der Waals surface area (Å²) < 4.78 is 5.75. The first-order valence-corrected chi connectivity index (χ1v) is 5.86. The minimum Gasteiger partial charge on any atom is -0.475 e. The van der Waals surface area contributed by atoms with E-state index in [0.29, 0.717) is 18.3 Å². The number of aryl methyl sites for hydroxylation is 1. The summed E-state index contributed by atoms with van der Waals surface area (Å²) in [5, 5.41) is 0. The SMILES string of the molecule is Cc1nc(OC(C)CC(C)C)ccc1CN. The molecule has 1 atom stereocenters. The Labute approximate surface area is 98.0 Å². The van der Waals surface area contributed by atoms with Gasteiger partial charge in [-0.15, -0.1) is 0 Å². The Kier molecular flexibility index (Phi) is 4.74. The molecule has 1 aromatic rings. The molecule has 1 rings (SSSR count). The van der Waals surface area contributed by atoms with Crippen molar-refractivity contribution in [3.05, 3.63) is 23.4 Å². The number of aromatic nitrogens is 1. The summed E-state index contributed by atoms with van der Waals surface area (Å²) in [6, 6.07) is 3.88. The van der Waals surface area contributed by atoms with Crippen molar-refractivity contribution in [1.82, 2.24) is 4.98 Å². The second kappa shape index (κ2) is 5.85. The normalized spacial score (nSPS) is 12.9. The molecule has 0 radical (unpaired) electrons. The zero-order valence-corrected chi connectivity index (χ0v) is 10.7. The molecule has 3 nitrogen and oxygen atoms in total. The molecule has 0 spiro atoms. The van der Waals surface area contributed by atoms with Gasteiger partial charge >= 0.3 is 0 Å². The van der Waals surface area contributed by atoms with Gasteiger partial charge in [-0.1, -0.05) is 19.9 Å². The number of hydrogen-bond acceptors (Lipinski definition) is 3. The van der Waals surface area contributed by atoms with Crippen LogP contribution >= 0.6 is 0 Å². The minimum atomic E-state index is 0.204. The third-order valence-corrected chi connectivity index (χ3v) is 2.51. The van der Waals surface area contributed by atoms with E-state index in [1.54, 1.807) is 0 Å². The molecular formula is C13H22N2O. The maximum absolute atomic E-state index is 5.75. The van der Waals surface area contributed by atoms with Crippen molar-refractivity contribution < 1.29 is 4.74 Å². The Morgan fingerprint density at radius 2 is 2.00 bits per heavy atom. The third-order valence-electron chi connectivity index (χ3n) is 2.51. The predicted molar refractivity (Wildman–Crippen MR) is 66.4 cm³/mol. The van der Waals surface area contributed by atoms with Gasteiger partial charge in [0.2, 0.25) is 5.88 Å². The molecule has 2 N–H and O–H groups in total. The van der Waals surface area contributed by atoms with Crippen molar-refractivity contribution in [2.24, 2.45) is 11.7 Å². The largest absolute Gasteiger partial charge is 0.475 e. The highest BCUT2D eigenvalue weighted by atomic mass is 16.5. The Hall–Kier alpha value is -1.09. The molecule has 1 aromatic heterocycles. The second-order valence-corrected chi connectivity index (χ2v) is 4.66. The van der Waals surface area contributed by atoms with Crippen LogP contribution in [0.25, 0.3) is 0 Å². The Morgan fingerprint density at radius 3 is 2.50 bits per heavy atom. The fourth-order valence-electron chi connectivity index (χ4n) is 1.77. The Balaban J connectivity index is 2.64. The van der Waals surface area contributed by atoms with Gasteiger partial charge in [0.05, 0.1) is 6.10 Å². The fraction of sp³-hybridized carbons (Fsp3) is 0.615. The summed E-state index contributed by atoms with van der Waals surface area (Å²) in [5.41, 5.74) is 7.62. The highest BCUT2D eigenvalue weighted by Gasteiger charge is 2.08. The van der Waals surface area contributed by atoms with E-state index in [-0.39, 0.29) is 6.10 Å². The predicted octanol–water partition coefficient (Wildman–Crippen LogP) is 2.66. The van der Waals surface area contributed by atoms with E-state index >= 15 is 0 Å². The smallest absolute Gasteiger partial charge is 0.213 e. The van der Waals surface area contributed by atoms with Gasteiger partial charge in [-0.2, -0.15) is 0 Å². The molecule has 1 unspecified atom stereocenters. The quantitative estimate of drug-likeness (QED) is 0.833. The van der Waals surface area contributed by atoms with Crippen LogP contribution in [-0.2, 0) is 6.54 Å². The third kappa shape index (κ3) is 3.81. The summed E-state index contributed by atoms with van der Waals surface area (Å²) in [5.74, 6) is 1.34. The summed E-state index contributed by atoms with van der Waals surface area (Å²) in [6.07, 6.45) is 1.25. The Morgan fingerprint density at radius 1 is 1.31 bits per heavy atom. The zero-order valence-electron chi connectivity index (χ0n) is 10.7. The van der Waals surface area contributed by atoms with Crippen molar-refractivity contribution in [2.75, 3.05) is 0 Å². The maximum Gasteiger partial charge on any atom is 0.213 e. The number of nitrogens with zero attached hydrogens (tertiary/aromatic N) is 1. The fourth-order valence-corrected chi connectivity index (χ4v) is 1.77. The number of ether oxygens (including phenoxy) is 1. The van der Waals surface area contributed by atoms with Crippen LogP contribution in [0.2, 0.25) is 0 Å². The lowest BCUT2D eigenvalue weighted by molar-refractivity contribution is 0.185. The average molecular weight is 222 g/mol. The van der Waals surface area contributed by atoms with Gasteiger partial charge < -0.3 is 10.5 Å². The lowest BCUT2D eigenvalue weighted by Crippen LogP contribution is -2.15. The van der Waals surface area contributed by atoms with Crippen LogP contribution < -0.4 is 10.5 Å². The first kappa shape index (κ1) is 13.0. The van der Waals surface area contributed by atoms with Crippen molar-refractivity contribution in [3.63, 3.8) is 0 Å². The molecule has 0 bridgehead atoms. The molecule has 3 heteroatoms. The molecule has 0 saturated heterocycles. The van der Waals surface area contributed by atoms with Crippen LogP contribution in [0, 0.1) is 12.8 Å². The van der Waals surface area contributed by atoms with E-state index in [4.69, 9.17) is 10.5 Å². The second-order valence-electron chi connectivity index (χ2n) is 4.66. The van der Waals surface area contributed by atoms with Crippen LogP contribution in [0.5, 0.6) is 5.88 Å². The van der Waals surface area contributed by atoms with Gasteiger partial charge in [-0.25, -0.2) is 4.98 Å². The lowest BCUT2D eigenvalue weighted by atomic mass is 10.1. The lowest BCUT2D eigenvalue weighted by Gasteiger charge is -2.16. The first-order valence-electron chi connectivity index (χ1n) is 5.86. The zero-order chi connectivity index (χ0) is 12.1. The highest BCUT2D eigenvalue weighted by Crippen LogP contribution is 2.16. The van der Waals surface area contributed by atoms with Gasteiger partial charge in [0.15, 0.2) is 0 Å². The van der Waals surface area contributed by atoms with Crippen molar-refractivity contribution in [2.45, 2.75) is 46.8 Å². The molecule has 1 heterocycles. The van der Waals surface area contributed by atoms with Crippen LogP contribution in [0.15, 0.2) is 12.1 Å². The van der Waals surface area contributed by atoms with Crippen molar-refractivity contribution >= 4 is 0 Å². The van der Waals surface area contributed by atoms with Crippen LogP contribution in [0.3, 0.4) is 0 Å². The summed E-state index contributed by atoms with van der Waals surface area (Å²) in [4.78, 5) is 4.39. The number of hydrogen-bond donors (Lipinski definition) is 1. The van der Waals surface area contributed by atoms with Gasteiger partial charge in [0.25, 0.3) is 0 Å². The maximum atomic E-state index is 5.75. The van der Waals surface area contributed by atoms with Crippen LogP contribution in [0.1, 0.15) is 38.4 Å². The molecule has 0 aliphatic rings. The van der Waals surface area contributed by atoms with E-state index in [0.717, 1.165) is 17.7 Å². The molecular weight excluding hydrogens is 200 g/mol. The minimum absolute atomic E-state index is 0.204. The summed E-state index contributed by atoms with van der Waals surface area (Å²) >= 11 is 0. The van der Waals surface area contributed by atoms with Gasteiger partial charge in [-0.05, 0) is 31.7 Å². The Bertz CT molecular complexity index is 337. The molecule has 0 amide bonds. The van der Waals surface area contributed by atoms with Gasteiger partial charge in [-0.3, -0.25) is 0 Å². The van der Waals surface area contributed by atoms with Gasteiger partial charge in [0.1, 0.15) is 0 Å². The van der Waals surface area contributed by atoms with E-state index in [1.165, 1.54) is 0 Å². The topological polar surface area (TPSA) is 48.1 Å². The average Bonchev–Trinajstić information content (AvgIpc) is 2.16. The van der Waals surface area contributed by atoms with E-state index in [1.807, 2.05) is 19.1 Å². The monoisotopic (exact) mass is 222 g/mol. The summed E-state index contributed by atoms with van der Waals surface area (Å²) in [6.45, 7) is 8.95. The molecule has 90 valence electrons. The van der Waals surface area contributed by atoms with Gasteiger partial charge in [0, 0.05) is 18.3 Å². The highest BCUT2D eigenvalue weighted by molar-refractivity contribution is 5.24. The first-order chi connectivity index (χ1) is 7.52. The molecule has 0 fully saturated rings. The van der Waals surface area contributed by atoms with Crippen LogP contribution in [0.4, 0.5) is 0 Å². The summed E-state index contributed by atoms with van der Waals surface area (Å²) in [7, 11) is 0. The van der Waals surface area contributed by atoms with Crippen molar-refractivity contribution in [3.8, 4) is 5.88 Å². The standard InChI is InChI=1S/C13H22N2O/c1-9(2)7-10(3)16-13-6-5-12(8-14)11(4)15-13/h5-6,9-10H,7-8,14H2,1-4H3. The molecule has 0 aromatic carbocycles. The van der Waals surface area contributed by atoms with Crippen LogP contribution in [-0.4, -0.2) is 11.1 Å². The molecule has 0 saturated carbocycles. The molecule has 0 aliphatic heterocycles. The molecule has 0 aliphatic carbocycles. The number of pyridine rings is 1. The number of nitrogens with two attached hydrogens (primary N) is 1. The number of rotatable bonds is 5. The van der Waals surface area contributed by atoms with E-state index in [2.05, 4.69) is 25.8 Å². The van der Waals surface area contributed by atoms with E-state index < -0.39 is 0 Å². The van der Waals surface area contributed by atoms with E-state index in [9.17, 15) is 0 Å². The molecule has 16 heavy (non-hydrogen) atoms. The van der Waals surface area contributed by atoms with Crippen molar-refractivity contribution in [1.29, 1.82) is 0 Å².